The van der Waals surface area contributed by atoms with Gasteiger partial charge in [0.2, 0.25) is 0 Å². The molecule has 0 radical (unpaired) electrons. The van der Waals surface area contributed by atoms with Gasteiger partial charge in [0, 0.05) is 18.0 Å². The quantitative estimate of drug-likeness (QED) is 0.728. The lowest BCUT2D eigenvalue weighted by Gasteiger charge is -2.07. The number of nitrogens with zero attached hydrogens (tertiary/aromatic N) is 1. The first-order valence-electron chi connectivity index (χ1n) is 5.77. The average Bonchev–Trinajstić information content (AvgIpc) is 2.89. The molecule has 3 aromatic rings. The fourth-order valence-electron chi connectivity index (χ4n) is 1.96. The van der Waals surface area contributed by atoms with Gasteiger partial charge in [-0.05, 0) is 36.4 Å². The van der Waals surface area contributed by atoms with Crippen LogP contribution in [0.4, 0.5) is 5.69 Å². The van der Waals surface area contributed by atoms with Crippen LogP contribution in [0.3, 0.4) is 0 Å². The van der Waals surface area contributed by atoms with Crippen molar-refractivity contribution in [2.24, 2.45) is 0 Å². The van der Waals surface area contributed by atoms with Crippen LogP contribution in [0.15, 0.2) is 67.0 Å². The summed E-state index contributed by atoms with van der Waals surface area (Å²) in [5.41, 5.74) is 2.46. The number of fused-ring (bicyclic) bond motifs is 1. The van der Waals surface area contributed by atoms with Crippen LogP contribution in [0.1, 0.15) is 10.4 Å². The topological polar surface area (TPSA) is 33.5 Å². The van der Waals surface area contributed by atoms with E-state index in [1.54, 1.807) is 12.1 Å². The summed E-state index contributed by atoms with van der Waals surface area (Å²) in [4.78, 5) is 12.1. The molecule has 3 nitrogen and oxygen atoms in total. The van der Waals surface area contributed by atoms with Gasteiger partial charge < -0.3 is 9.72 Å². The van der Waals surface area contributed by atoms with Gasteiger partial charge in [-0.25, -0.2) is 0 Å². The Morgan fingerprint density at radius 3 is 2.39 bits per heavy atom. The van der Waals surface area contributed by atoms with E-state index in [0.717, 1.165) is 11.2 Å². The number of nitrogens with one attached hydrogen (secondary N) is 1. The molecule has 0 unspecified atom stereocenters. The van der Waals surface area contributed by atoms with Gasteiger partial charge in [0.05, 0.1) is 11.2 Å². The van der Waals surface area contributed by atoms with E-state index in [4.69, 9.17) is 0 Å². The summed E-state index contributed by atoms with van der Waals surface area (Å²) in [5.74, 6) is -0.0927. The number of aromatic nitrogens is 1. The minimum absolute atomic E-state index is 0.0927. The number of pyridine rings is 1. The van der Waals surface area contributed by atoms with Crippen molar-refractivity contribution in [3.63, 3.8) is 0 Å². The van der Waals surface area contributed by atoms with E-state index in [0.29, 0.717) is 5.56 Å². The largest absolute Gasteiger partial charge is 0.322 e. The molecule has 3 rings (SSSR count). The summed E-state index contributed by atoms with van der Waals surface area (Å²) in [6.07, 6.45) is 3.90. The van der Waals surface area contributed by atoms with E-state index >= 15 is 0 Å². The molecule has 0 aliphatic rings. The van der Waals surface area contributed by atoms with E-state index < -0.39 is 0 Å². The summed E-state index contributed by atoms with van der Waals surface area (Å²) in [6.45, 7) is 0. The summed E-state index contributed by atoms with van der Waals surface area (Å²) < 4.78 is 1.97. The monoisotopic (exact) mass is 236 g/mol. The third kappa shape index (κ3) is 1.86. The van der Waals surface area contributed by atoms with Crippen molar-refractivity contribution in [3.05, 3.63) is 72.6 Å². The minimum Gasteiger partial charge on any atom is -0.322 e. The van der Waals surface area contributed by atoms with Crippen molar-refractivity contribution in [2.75, 3.05) is 5.32 Å². The van der Waals surface area contributed by atoms with Crippen molar-refractivity contribution < 1.29 is 4.79 Å². The third-order valence-electron chi connectivity index (χ3n) is 2.85. The minimum atomic E-state index is -0.0927. The van der Waals surface area contributed by atoms with Gasteiger partial charge in [0.15, 0.2) is 0 Å². The highest BCUT2D eigenvalue weighted by Crippen LogP contribution is 2.17. The lowest BCUT2D eigenvalue weighted by molar-refractivity contribution is 0.102. The standard InChI is InChI=1S/C15H12N2O/c18-15(12-6-2-1-3-7-12)16-13-8-4-10-17-11-5-9-14(13)17/h1-11H,(H,16,18). The highest BCUT2D eigenvalue weighted by atomic mass is 16.1. The van der Waals surface area contributed by atoms with Crippen molar-refractivity contribution in [3.8, 4) is 0 Å². The molecule has 88 valence electrons. The first-order valence-corrected chi connectivity index (χ1v) is 5.77. The SMILES string of the molecule is O=C(Nc1cccn2cccc12)c1ccccc1. The van der Waals surface area contributed by atoms with E-state index in [1.165, 1.54) is 0 Å². The molecule has 1 N–H and O–H groups in total. The molecule has 2 heterocycles. The van der Waals surface area contributed by atoms with E-state index in [2.05, 4.69) is 5.32 Å². The number of hydrogen-bond acceptors (Lipinski definition) is 1. The molecule has 0 aliphatic carbocycles. The Kier molecular flexibility index (Phi) is 2.57. The van der Waals surface area contributed by atoms with Gasteiger partial charge in [-0.1, -0.05) is 18.2 Å². The van der Waals surface area contributed by atoms with Gasteiger partial charge in [0.25, 0.3) is 5.91 Å². The Bertz CT molecular complexity index is 686. The Balaban J connectivity index is 1.93. The van der Waals surface area contributed by atoms with Gasteiger partial charge in [-0.3, -0.25) is 4.79 Å². The maximum atomic E-state index is 12.1. The molecule has 0 spiro atoms. The first kappa shape index (κ1) is 10.6. The zero-order chi connectivity index (χ0) is 12.4. The molecule has 1 amide bonds. The summed E-state index contributed by atoms with van der Waals surface area (Å²) in [5, 5.41) is 2.93. The number of carbonyl (C=O) groups is 1. The van der Waals surface area contributed by atoms with Gasteiger partial charge >= 0.3 is 0 Å². The zero-order valence-electron chi connectivity index (χ0n) is 9.71. The summed E-state index contributed by atoms with van der Waals surface area (Å²) >= 11 is 0. The molecule has 0 fully saturated rings. The number of hydrogen-bond donors (Lipinski definition) is 1. The van der Waals surface area contributed by atoms with E-state index in [-0.39, 0.29) is 5.91 Å². The number of benzene rings is 1. The van der Waals surface area contributed by atoms with Crippen LogP contribution in [0.25, 0.3) is 5.52 Å². The van der Waals surface area contributed by atoms with Crippen LogP contribution in [0.5, 0.6) is 0 Å². The molecular formula is C15H12N2O. The normalized spacial score (nSPS) is 10.4. The molecule has 0 saturated heterocycles. The fourth-order valence-corrected chi connectivity index (χ4v) is 1.96. The summed E-state index contributed by atoms with van der Waals surface area (Å²) in [7, 11) is 0. The predicted octanol–water partition coefficient (Wildman–Crippen LogP) is 3.19. The van der Waals surface area contributed by atoms with Crippen molar-refractivity contribution in [2.45, 2.75) is 0 Å². The predicted molar refractivity (Wildman–Crippen MR) is 71.8 cm³/mol. The van der Waals surface area contributed by atoms with Crippen LogP contribution >= 0.6 is 0 Å². The molecule has 0 atom stereocenters. The highest BCUT2D eigenvalue weighted by molar-refractivity contribution is 6.06. The lowest BCUT2D eigenvalue weighted by Crippen LogP contribution is -2.12. The molecule has 2 aromatic heterocycles. The molecule has 3 heteroatoms. The van der Waals surface area contributed by atoms with Crippen molar-refractivity contribution in [1.29, 1.82) is 0 Å². The number of anilines is 1. The number of amides is 1. The first-order chi connectivity index (χ1) is 8.84. The second-order valence-corrected chi connectivity index (χ2v) is 4.04. The molecular weight excluding hydrogens is 224 g/mol. The van der Waals surface area contributed by atoms with Crippen LogP contribution < -0.4 is 5.32 Å². The van der Waals surface area contributed by atoms with Crippen molar-refractivity contribution in [1.82, 2.24) is 4.40 Å². The van der Waals surface area contributed by atoms with Crippen LogP contribution in [-0.2, 0) is 0 Å². The second kappa shape index (κ2) is 4.37. The van der Waals surface area contributed by atoms with Gasteiger partial charge in [-0.15, -0.1) is 0 Å². The molecule has 0 bridgehead atoms. The Labute approximate surface area is 105 Å². The van der Waals surface area contributed by atoms with Gasteiger partial charge in [-0.2, -0.15) is 0 Å². The Morgan fingerprint density at radius 1 is 0.889 bits per heavy atom. The molecule has 18 heavy (non-hydrogen) atoms. The zero-order valence-corrected chi connectivity index (χ0v) is 9.71. The van der Waals surface area contributed by atoms with Crippen LogP contribution in [0, 0.1) is 0 Å². The number of carbonyl (C=O) groups excluding carboxylic acids is 1. The van der Waals surface area contributed by atoms with Crippen LogP contribution in [-0.4, -0.2) is 10.3 Å². The lowest BCUT2D eigenvalue weighted by atomic mass is 10.2. The molecule has 0 aliphatic heterocycles. The highest BCUT2D eigenvalue weighted by Gasteiger charge is 2.07. The van der Waals surface area contributed by atoms with Crippen LogP contribution in [0.2, 0.25) is 0 Å². The smallest absolute Gasteiger partial charge is 0.255 e. The molecule has 0 saturated carbocycles. The second-order valence-electron chi connectivity index (χ2n) is 4.04. The van der Waals surface area contributed by atoms with E-state index in [1.807, 2.05) is 59.3 Å². The molecule has 1 aromatic carbocycles. The maximum Gasteiger partial charge on any atom is 0.255 e. The average molecular weight is 236 g/mol. The van der Waals surface area contributed by atoms with E-state index in [9.17, 15) is 4.79 Å². The maximum absolute atomic E-state index is 12.1. The summed E-state index contributed by atoms with van der Waals surface area (Å²) in [6, 6.07) is 16.9. The fraction of sp³-hybridized carbons (Fsp3) is 0. The third-order valence-corrected chi connectivity index (χ3v) is 2.85. The Hall–Kier alpha value is -2.55. The van der Waals surface area contributed by atoms with Gasteiger partial charge in [0.1, 0.15) is 0 Å². The Morgan fingerprint density at radius 2 is 1.61 bits per heavy atom. The number of rotatable bonds is 2. The van der Waals surface area contributed by atoms with Crippen molar-refractivity contribution >= 4 is 17.1 Å².